The number of nitrogens with one attached hydrogen (secondary N) is 1. The second-order valence-electron chi connectivity index (χ2n) is 6.78. The van der Waals surface area contributed by atoms with E-state index in [9.17, 15) is 9.18 Å². The number of hydrogen-bond acceptors (Lipinski definition) is 3. The minimum Gasteiger partial charge on any atom is -0.368 e. The topological polar surface area (TPSA) is 45.2 Å². The van der Waals surface area contributed by atoms with E-state index in [1.807, 2.05) is 12.1 Å². The number of carbonyl (C=O) groups excluding carboxylic acids is 1. The molecule has 2 heterocycles. The molecule has 138 valence electrons. The third-order valence-electron chi connectivity index (χ3n) is 5.02. The van der Waals surface area contributed by atoms with Gasteiger partial charge in [0.1, 0.15) is 11.5 Å². The van der Waals surface area contributed by atoms with E-state index < -0.39 is 0 Å². The lowest BCUT2D eigenvalue weighted by atomic mass is 9.99. The van der Waals surface area contributed by atoms with Gasteiger partial charge in [-0.1, -0.05) is 19.1 Å². The highest BCUT2D eigenvalue weighted by molar-refractivity contribution is 5.93. The average Bonchev–Trinajstić information content (AvgIpc) is 2.69. The zero-order valence-electron chi connectivity index (χ0n) is 15.2. The summed E-state index contributed by atoms with van der Waals surface area (Å²) in [6, 6.07) is 10.8. The Bertz CT molecular complexity index is 732. The first-order valence-electron chi connectivity index (χ1n) is 9.42. The largest absolute Gasteiger partial charge is 0.368 e. The second-order valence-corrected chi connectivity index (χ2v) is 6.78. The van der Waals surface area contributed by atoms with Crippen molar-refractivity contribution >= 4 is 11.6 Å². The highest BCUT2D eigenvalue weighted by atomic mass is 19.1. The Morgan fingerprint density at radius 2 is 2.08 bits per heavy atom. The summed E-state index contributed by atoms with van der Waals surface area (Å²) in [5.41, 5.74) is 2.52. The van der Waals surface area contributed by atoms with Crippen LogP contribution in [0.4, 0.5) is 10.1 Å². The average molecular weight is 355 g/mol. The van der Waals surface area contributed by atoms with Crippen molar-refractivity contribution in [2.24, 2.45) is 0 Å². The molecule has 1 aromatic carbocycles. The Balaban J connectivity index is 1.60. The van der Waals surface area contributed by atoms with Crippen LogP contribution in [-0.2, 0) is 6.42 Å². The lowest BCUT2D eigenvalue weighted by molar-refractivity contribution is 0.0949. The van der Waals surface area contributed by atoms with Crippen molar-refractivity contribution in [2.75, 3.05) is 18.0 Å². The molecule has 2 aromatic rings. The molecule has 1 fully saturated rings. The number of nitrogens with zero attached hydrogens (tertiary/aromatic N) is 2. The number of rotatable bonds is 6. The van der Waals surface area contributed by atoms with Gasteiger partial charge in [0, 0.05) is 31.0 Å². The molecule has 1 aliphatic heterocycles. The van der Waals surface area contributed by atoms with E-state index in [-0.39, 0.29) is 11.7 Å². The predicted molar refractivity (Wildman–Crippen MR) is 102 cm³/mol. The molecule has 26 heavy (non-hydrogen) atoms. The SMILES string of the molecule is CCC1CCCCN1c1ccnc(C(=O)NCCc2ccc(F)cc2)c1. The molecule has 0 radical (unpaired) electrons. The van der Waals surface area contributed by atoms with Crippen LogP contribution in [0, 0.1) is 5.82 Å². The first-order valence-corrected chi connectivity index (χ1v) is 9.42. The number of pyridine rings is 1. The lowest BCUT2D eigenvalue weighted by Crippen LogP contribution is -2.39. The molecule has 0 aliphatic carbocycles. The van der Waals surface area contributed by atoms with Gasteiger partial charge in [-0.05, 0) is 61.9 Å². The zero-order valence-corrected chi connectivity index (χ0v) is 15.2. The van der Waals surface area contributed by atoms with Crippen LogP contribution in [-0.4, -0.2) is 30.0 Å². The number of benzene rings is 1. The Labute approximate surface area is 154 Å². The maximum Gasteiger partial charge on any atom is 0.269 e. The summed E-state index contributed by atoms with van der Waals surface area (Å²) in [5.74, 6) is -0.416. The lowest BCUT2D eigenvalue weighted by Gasteiger charge is -2.37. The number of amides is 1. The van der Waals surface area contributed by atoms with Gasteiger partial charge in [-0.25, -0.2) is 4.39 Å². The Hall–Kier alpha value is -2.43. The molecule has 0 saturated carbocycles. The van der Waals surface area contributed by atoms with E-state index >= 15 is 0 Å². The Morgan fingerprint density at radius 3 is 2.85 bits per heavy atom. The van der Waals surface area contributed by atoms with Crippen molar-refractivity contribution in [1.82, 2.24) is 10.3 Å². The second kappa shape index (κ2) is 8.79. The maximum absolute atomic E-state index is 12.9. The molecule has 1 saturated heterocycles. The molecule has 1 unspecified atom stereocenters. The summed E-state index contributed by atoms with van der Waals surface area (Å²) in [4.78, 5) is 19.1. The first kappa shape index (κ1) is 18.4. The molecular weight excluding hydrogens is 329 g/mol. The van der Waals surface area contributed by atoms with Gasteiger partial charge < -0.3 is 10.2 Å². The normalized spacial score (nSPS) is 17.2. The third kappa shape index (κ3) is 4.59. The number of halogens is 1. The number of hydrogen-bond donors (Lipinski definition) is 1. The van der Waals surface area contributed by atoms with E-state index in [1.54, 1.807) is 18.3 Å². The standard InChI is InChI=1S/C21H26FN3O/c1-2-18-5-3-4-14-25(18)19-11-13-23-20(15-19)21(26)24-12-10-16-6-8-17(22)9-7-16/h6-9,11,13,15,18H,2-5,10,12,14H2,1H3,(H,24,26). The highest BCUT2D eigenvalue weighted by Gasteiger charge is 2.22. The van der Waals surface area contributed by atoms with Crippen LogP contribution >= 0.6 is 0 Å². The molecule has 1 atom stereocenters. The van der Waals surface area contributed by atoms with Crippen molar-refractivity contribution < 1.29 is 9.18 Å². The van der Waals surface area contributed by atoms with Gasteiger partial charge in [0.2, 0.25) is 0 Å². The molecule has 5 heteroatoms. The minimum absolute atomic E-state index is 0.168. The molecule has 0 spiro atoms. The number of aromatic nitrogens is 1. The monoisotopic (exact) mass is 355 g/mol. The fourth-order valence-electron chi connectivity index (χ4n) is 3.55. The van der Waals surface area contributed by atoms with E-state index in [2.05, 4.69) is 22.1 Å². The molecule has 1 aliphatic rings. The Morgan fingerprint density at radius 1 is 1.27 bits per heavy atom. The zero-order chi connectivity index (χ0) is 18.4. The number of piperidine rings is 1. The van der Waals surface area contributed by atoms with Crippen molar-refractivity contribution in [3.05, 3.63) is 59.7 Å². The van der Waals surface area contributed by atoms with Gasteiger partial charge >= 0.3 is 0 Å². The van der Waals surface area contributed by atoms with E-state index in [0.717, 1.165) is 24.2 Å². The van der Waals surface area contributed by atoms with Crippen molar-refractivity contribution in [2.45, 2.75) is 45.1 Å². The summed E-state index contributed by atoms with van der Waals surface area (Å²) in [7, 11) is 0. The highest BCUT2D eigenvalue weighted by Crippen LogP contribution is 2.26. The summed E-state index contributed by atoms with van der Waals surface area (Å²) in [6.45, 7) is 3.75. The quantitative estimate of drug-likeness (QED) is 0.853. The van der Waals surface area contributed by atoms with Gasteiger partial charge in [0.25, 0.3) is 5.91 Å². The molecule has 1 amide bonds. The number of carbonyl (C=O) groups is 1. The van der Waals surface area contributed by atoms with Gasteiger partial charge in [-0.2, -0.15) is 0 Å². The van der Waals surface area contributed by atoms with Crippen LogP contribution in [0.1, 0.15) is 48.7 Å². The van der Waals surface area contributed by atoms with Gasteiger partial charge in [-0.3, -0.25) is 9.78 Å². The van der Waals surface area contributed by atoms with Crippen molar-refractivity contribution in [3.8, 4) is 0 Å². The van der Waals surface area contributed by atoms with Crippen LogP contribution in [0.5, 0.6) is 0 Å². The Kier molecular flexibility index (Phi) is 6.21. The van der Waals surface area contributed by atoms with Crippen LogP contribution in [0.25, 0.3) is 0 Å². The maximum atomic E-state index is 12.9. The molecule has 1 aromatic heterocycles. The molecular formula is C21H26FN3O. The van der Waals surface area contributed by atoms with Crippen LogP contribution in [0.15, 0.2) is 42.6 Å². The van der Waals surface area contributed by atoms with Crippen molar-refractivity contribution in [1.29, 1.82) is 0 Å². The molecule has 3 rings (SSSR count). The predicted octanol–water partition coefficient (Wildman–Crippen LogP) is 3.96. The van der Waals surface area contributed by atoms with E-state index in [0.29, 0.717) is 24.7 Å². The molecule has 4 nitrogen and oxygen atoms in total. The van der Waals surface area contributed by atoms with Gasteiger partial charge in [0.05, 0.1) is 0 Å². The number of anilines is 1. The first-order chi connectivity index (χ1) is 12.7. The summed E-state index contributed by atoms with van der Waals surface area (Å²) < 4.78 is 12.9. The summed E-state index contributed by atoms with van der Waals surface area (Å²) >= 11 is 0. The van der Waals surface area contributed by atoms with Crippen LogP contribution < -0.4 is 10.2 Å². The van der Waals surface area contributed by atoms with Gasteiger partial charge in [0.15, 0.2) is 0 Å². The van der Waals surface area contributed by atoms with Crippen LogP contribution in [0.2, 0.25) is 0 Å². The van der Waals surface area contributed by atoms with E-state index in [4.69, 9.17) is 0 Å². The molecule has 0 bridgehead atoms. The smallest absolute Gasteiger partial charge is 0.269 e. The summed E-state index contributed by atoms with van der Waals surface area (Å²) in [5, 5.41) is 2.90. The van der Waals surface area contributed by atoms with Crippen LogP contribution in [0.3, 0.4) is 0 Å². The van der Waals surface area contributed by atoms with Gasteiger partial charge in [-0.15, -0.1) is 0 Å². The minimum atomic E-state index is -0.248. The van der Waals surface area contributed by atoms with Crippen molar-refractivity contribution in [3.63, 3.8) is 0 Å². The molecule has 1 N–H and O–H groups in total. The third-order valence-corrected chi connectivity index (χ3v) is 5.02. The summed E-state index contributed by atoms with van der Waals surface area (Å²) in [6.07, 6.45) is 7.16. The van der Waals surface area contributed by atoms with E-state index in [1.165, 1.54) is 31.4 Å². The fraction of sp³-hybridized carbons (Fsp3) is 0.429. The fourth-order valence-corrected chi connectivity index (χ4v) is 3.55.